The fourth-order valence-electron chi connectivity index (χ4n) is 2.11. The third-order valence-electron chi connectivity index (χ3n) is 3.44. The van der Waals surface area contributed by atoms with Crippen LogP contribution in [0.5, 0.6) is 5.75 Å². The fourth-order valence-corrected chi connectivity index (χ4v) is 3.53. The van der Waals surface area contributed by atoms with E-state index in [1.54, 1.807) is 30.3 Å². The van der Waals surface area contributed by atoms with Gasteiger partial charge in [-0.25, -0.2) is 8.42 Å². The van der Waals surface area contributed by atoms with E-state index < -0.39 is 9.84 Å². The number of ether oxygens (including phenoxy) is 1. The molecule has 0 saturated carbocycles. The van der Waals surface area contributed by atoms with E-state index in [-0.39, 0.29) is 23.5 Å². The molecule has 0 aromatic heterocycles. The molecule has 0 spiro atoms. The molecule has 134 valence electrons. The molecule has 0 fully saturated rings. The van der Waals surface area contributed by atoms with Crippen LogP contribution in [-0.4, -0.2) is 27.2 Å². The third-order valence-corrected chi connectivity index (χ3v) is 5.42. The van der Waals surface area contributed by atoms with Gasteiger partial charge in [-0.3, -0.25) is 4.79 Å². The second-order valence-corrected chi connectivity index (χ2v) is 8.80. The molecule has 0 saturated heterocycles. The molecule has 5 nitrogen and oxygen atoms in total. The van der Waals surface area contributed by atoms with Crippen LogP contribution in [0.25, 0.3) is 0 Å². The number of amides is 1. The Kier molecular flexibility index (Phi) is 6.48. The highest BCUT2D eigenvalue weighted by Gasteiger charge is 2.13. The number of hydrogen-bond donors (Lipinski definition) is 1. The van der Waals surface area contributed by atoms with Crippen molar-refractivity contribution in [2.24, 2.45) is 0 Å². The van der Waals surface area contributed by atoms with Crippen LogP contribution < -0.4 is 10.1 Å². The molecule has 0 bridgehead atoms. The van der Waals surface area contributed by atoms with Gasteiger partial charge in [0.05, 0.1) is 15.4 Å². The van der Waals surface area contributed by atoms with Crippen LogP contribution >= 0.6 is 27.5 Å². The molecule has 0 heterocycles. The first-order valence-corrected chi connectivity index (χ1v) is 10.4. The molecule has 0 aliphatic carbocycles. The maximum absolute atomic E-state index is 12.0. The molecule has 1 N–H and O–H groups in total. The lowest BCUT2D eigenvalue weighted by Gasteiger charge is -2.15. The Morgan fingerprint density at radius 1 is 1.24 bits per heavy atom. The summed E-state index contributed by atoms with van der Waals surface area (Å²) in [5, 5.41) is 3.37. The monoisotopic (exact) mass is 445 g/mol. The minimum Gasteiger partial charge on any atom is -0.483 e. The van der Waals surface area contributed by atoms with Gasteiger partial charge in [-0.15, -0.1) is 0 Å². The van der Waals surface area contributed by atoms with Crippen molar-refractivity contribution in [3.63, 3.8) is 0 Å². The van der Waals surface area contributed by atoms with E-state index in [0.29, 0.717) is 15.2 Å². The molecule has 2 aromatic carbocycles. The molecule has 1 unspecified atom stereocenters. The van der Waals surface area contributed by atoms with Gasteiger partial charge in [0.15, 0.2) is 16.4 Å². The van der Waals surface area contributed by atoms with E-state index in [4.69, 9.17) is 16.3 Å². The molecule has 2 aromatic rings. The van der Waals surface area contributed by atoms with Crippen LogP contribution in [0.2, 0.25) is 5.02 Å². The predicted octanol–water partition coefficient (Wildman–Crippen LogP) is 3.76. The summed E-state index contributed by atoms with van der Waals surface area (Å²) in [4.78, 5) is 12.3. The molecule has 8 heteroatoms. The van der Waals surface area contributed by atoms with Gasteiger partial charge in [0.25, 0.3) is 5.91 Å². The topological polar surface area (TPSA) is 72.5 Å². The normalized spacial score (nSPS) is 12.5. The van der Waals surface area contributed by atoms with Gasteiger partial charge in [-0.1, -0.05) is 23.7 Å². The van der Waals surface area contributed by atoms with Gasteiger partial charge in [-0.05, 0) is 58.7 Å². The average molecular weight is 447 g/mol. The zero-order chi connectivity index (χ0) is 18.6. The van der Waals surface area contributed by atoms with Crippen molar-refractivity contribution in [1.29, 1.82) is 0 Å². The lowest BCUT2D eigenvalue weighted by molar-refractivity contribution is -0.123. The molecular weight excluding hydrogens is 430 g/mol. The second kappa shape index (κ2) is 8.21. The Labute approximate surface area is 160 Å². The Balaban J connectivity index is 1.93. The van der Waals surface area contributed by atoms with E-state index in [0.717, 1.165) is 11.8 Å². The number of benzene rings is 2. The first-order chi connectivity index (χ1) is 11.7. The zero-order valence-corrected chi connectivity index (χ0v) is 16.8. The van der Waals surface area contributed by atoms with E-state index in [2.05, 4.69) is 21.2 Å². The van der Waals surface area contributed by atoms with Gasteiger partial charge in [0.1, 0.15) is 5.75 Å². The van der Waals surface area contributed by atoms with Crippen molar-refractivity contribution >= 4 is 43.3 Å². The van der Waals surface area contributed by atoms with Crippen molar-refractivity contribution in [2.45, 2.75) is 17.9 Å². The largest absolute Gasteiger partial charge is 0.483 e. The van der Waals surface area contributed by atoms with Gasteiger partial charge >= 0.3 is 0 Å². The highest BCUT2D eigenvalue weighted by molar-refractivity contribution is 9.10. The van der Waals surface area contributed by atoms with E-state index in [9.17, 15) is 13.2 Å². The summed E-state index contributed by atoms with van der Waals surface area (Å²) in [7, 11) is -3.24. The predicted molar refractivity (Wildman–Crippen MR) is 101 cm³/mol. The average Bonchev–Trinajstić information content (AvgIpc) is 2.53. The van der Waals surface area contributed by atoms with E-state index in [1.165, 1.54) is 12.1 Å². The van der Waals surface area contributed by atoms with Crippen LogP contribution in [0.3, 0.4) is 0 Å². The Bertz CT molecular complexity index is 869. The van der Waals surface area contributed by atoms with Crippen LogP contribution in [0.4, 0.5) is 0 Å². The van der Waals surface area contributed by atoms with E-state index >= 15 is 0 Å². The van der Waals surface area contributed by atoms with Crippen LogP contribution in [-0.2, 0) is 14.6 Å². The van der Waals surface area contributed by atoms with Crippen LogP contribution in [0.15, 0.2) is 51.8 Å². The Morgan fingerprint density at radius 2 is 1.88 bits per heavy atom. The molecule has 0 aliphatic heterocycles. The number of sulfone groups is 1. The van der Waals surface area contributed by atoms with Crippen molar-refractivity contribution in [3.05, 3.63) is 57.5 Å². The molecular formula is C17H17BrClNO4S. The fraction of sp³-hybridized carbons (Fsp3) is 0.235. The molecule has 1 amide bonds. The Morgan fingerprint density at radius 3 is 2.44 bits per heavy atom. The number of carbonyl (C=O) groups excluding carboxylic acids is 1. The van der Waals surface area contributed by atoms with Crippen LogP contribution in [0.1, 0.15) is 18.5 Å². The number of carbonyl (C=O) groups is 1. The summed E-state index contributed by atoms with van der Waals surface area (Å²) in [6.45, 7) is 1.66. The zero-order valence-electron chi connectivity index (χ0n) is 13.6. The second-order valence-electron chi connectivity index (χ2n) is 5.49. The number of halogens is 2. The van der Waals surface area contributed by atoms with Gasteiger partial charge < -0.3 is 10.1 Å². The maximum atomic E-state index is 12.0. The number of rotatable bonds is 6. The summed E-state index contributed by atoms with van der Waals surface area (Å²) in [6, 6.07) is 11.1. The molecule has 1 atom stereocenters. The van der Waals surface area contributed by atoms with Crippen molar-refractivity contribution < 1.29 is 17.9 Å². The summed E-state index contributed by atoms with van der Waals surface area (Å²) in [6.07, 6.45) is 1.15. The first kappa shape index (κ1) is 19.8. The summed E-state index contributed by atoms with van der Waals surface area (Å²) < 4.78 is 29.0. The summed E-state index contributed by atoms with van der Waals surface area (Å²) in [5.74, 6) is 0.228. The Hall–Kier alpha value is -1.57. The smallest absolute Gasteiger partial charge is 0.258 e. The molecule has 25 heavy (non-hydrogen) atoms. The van der Waals surface area contributed by atoms with Gasteiger partial charge in [0.2, 0.25) is 0 Å². The van der Waals surface area contributed by atoms with Crippen molar-refractivity contribution in [2.75, 3.05) is 12.9 Å². The first-order valence-electron chi connectivity index (χ1n) is 7.34. The summed E-state index contributed by atoms with van der Waals surface area (Å²) >= 11 is 9.17. The summed E-state index contributed by atoms with van der Waals surface area (Å²) in [5.41, 5.74) is 0.799. The molecule has 0 aliphatic rings. The quantitative estimate of drug-likeness (QED) is 0.733. The SMILES string of the molecule is CC(NC(=O)COc1ccc(Cl)cc1Br)c1ccc(S(C)(=O)=O)cc1. The molecule has 0 radical (unpaired) electrons. The minimum atomic E-state index is -3.24. The van der Waals surface area contributed by atoms with Crippen LogP contribution in [0, 0.1) is 0 Å². The van der Waals surface area contributed by atoms with Crippen molar-refractivity contribution in [3.8, 4) is 5.75 Å². The van der Waals surface area contributed by atoms with Gasteiger partial charge in [-0.2, -0.15) is 0 Å². The van der Waals surface area contributed by atoms with Crippen molar-refractivity contribution in [1.82, 2.24) is 5.32 Å². The number of nitrogens with one attached hydrogen (secondary N) is 1. The minimum absolute atomic E-state index is 0.147. The number of hydrogen-bond acceptors (Lipinski definition) is 4. The standard InChI is InChI=1S/C17H17BrClNO4S/c1-11(12-3-6-14(7-4-12)25(2,22)23)20-17(21)10-24-16-8-5-13(19)9-15(16)18/h3-9,11H,10H2,1-2H3,(H,20,21). The highest BCUT2D eigenvalue weighted by Crippen LogP contribution is 2.27. The van der Waals surface area contributed by atoms with Gasteiger partial charge in [0, 0.05) is 11.3 Å². The van der Waals surface area contributed by atoms with E-state index in [1.807, 2.05) is 6.92 Å². The third kappa shape index (κ3) is 5.73. The highest BCUT2D eigenvalue weighted by atomic mass is 79.9. The lowest BCUT2D eigenvalue weighted by atomic mass is 10.1. The maximum Gasteiger partial charge on any atom is 0.258 e. The lowest BCUT2D eigenvalue weighted by Crippen LogP contribution is -2.31. The molecule has 2 rings (SSSR count).